The van der Waals surface area contributed by atoms with Crippen LogP contribution in [0.15, 0.2) is 11.0 Å². The Morgan fingerprint density at radius 2 is 1.73 bits per heavy atom. The number of nitrogens with zero attached hydrogens (tertiary/aromatic N) is 3. The highest BCUT2D eigenvalue weighted by Crippen LogP contribution is 2.28. The lowest BCUT2D eigenvalue weighted by Gasteiger charge is -2.36. The molecule has 0 aromatic carbocycles. The van der Waals surface area contributed by atoms with Crippen molar-refractivity contribution in [2.45, 2.75) is 38.5 Å². The van der Waals surface area contributed by atoms with Gasteiger partial charge in [0.25, 0.3) is 0 Å². The summed E-state index contributed by atoms with van der Waals surface area (Å²) < 4.78 is 27.3. The van der Waals surface area contributed by atoms with Crippen molar-refractivity contribution in [2.24, 2.45) is 5.92 Å². The Balaban J connectivity index is 1.54. The van der Waals surface area contributed by atoms with Gasteiger partial charge in [-0.2, -0.15) is 4.31 Å². The molecule has 3 heterocycles. The van der Waals surface area contributed by atoms with Crippen molar-refractivity contribution in [1.29, 1.82) is 0 Å². The highest BCUT2D eigenvalue weighted by molar-refractivity contribution is 7.89. The molecule has 0 saturated carbocycles. The molecule has 3 rings (SSSR count). The predicted molar refractivity (Wildman–Crippen MR) is 104 cm³/mol. The van der Waals surface area contributed by atoms with Crippen LogP contribution in [0, 0.1) is 19.8 Å². The lowest BCUT2D eigenvalue weighted by Crippen LogP contribution is -2.52. The summed E-state index contributed by atoms with van der Waals surface area (Å²) in [6.07, 6.45) is 2.16. The van der Waals surface area contributed by atoms with E-state index in [1.807, 2.05) is 18.7 Å². The van der Waals surface area contributed by atoms with Gasteiger partial charge in [0.1, 0.15) is 0 Å². The van der Waals surface area contributed by atoms with Crippen LogP contribution < -0.4 is 0 Å². The van der Waals surface area contributed by atoms with Crippen LogP contribution in [0.25, 0.3) is 0 Å². The minimum atomic E-state index is -3.43. The topological polar surface area (TPSA) is 60.9 Å². The number of likely N-dealkylation sites (tertiary alicyclic amines) is 1. The second-order valence-electron chi connectivity index (χ2n) is 7.52. The maximum atomic E-state index is 12.9. The Kier molecular flexibility index (Phi) is 6.06. The molecule has 1 aromatic rings. The lowest BCUT2D eigenvalue weighted by atomic mass is 9.99. The summed E-state index contributed by atoms with van der Waals surface area (Å²) in [5.74, 6) is 0.884. The molecule has 0 bridgehead atoms. The number of rotatable bonds is 4. The first-order valence-corrected chi connectivity index (χ1v) is 11.6. The van der Waals surface area contributed by atoms with Crippen molar-refractivity contribution < 1.29 is 13.2 Å². The number of sulfonamides is 1. The van der Waals surface area contributed by atoms with E-state index in [1.165, 1.54) is 11.3 Å². The number of aryl methyl sites for hydroxylation is 2. The van der Waals surface area contributed by atoms with Gasteiger partial charge in [0.05, 0.1) is 11.4 Å². The average molecular weight is 400 g/mol. The molecule has 2 fully saturated rings. The highest BCUT2D eigenvalue weighted by Gasteiger charge is 2.31. The van der Waals surface area contributed by atoms with Crippen molar-refractivity contribution in [3.8, 4) is 0 Å². The molecule has 146 valence electrons. The number of amides is 1. The smallest absolute Gasteiger partial charge is 0.244 e. The van der Waals surface area contributed by atoms with Gasteiger partial charge in [0.2, 0.25) is 15.9 Å². The van der Waals surface area contributed by atoms with Crippen LogP contribution in [0.3, 0.4) is 0 Å². The third kappa shape index (κ3) is 4.30. The van der Waals surface area contributed by atoms with Crippen LogP contribution in [0.5, 0.6) is 0 Å². The number of hydrogen-bond donors (Lipinski definition) is 0. The van der Waals surface area contributed by atoms with Crippen molar-refractivity contribution in [1.82, 2.24) is 14.1 Å². The van der Waals surface area contributed by atoms with Gasteiger partial charge in [-0.25, -0.2) is 8.42 Å². The Morgan fingerprint density at radius 3 is 2.27 bits per heavy atom. The van der Waals surface area contributed by atoms with Gasteiger partial charge < -0.3 is 4.90 Å². The molecule has 0 unspecified atom stereocenters. The SMILES string of the molecule is Cc1cc(S(=O)(=O)N2CCN(CC(=O)N3CCC(C)CC3)CC2)c(C)s1. The normalized spacial score (nSPS) is 21.3. The Morgan fingerprint density at radius 1 is 1.12 bits per heavy atom. The van der Waals surface area contributed by atoms with Crippen LogP contribution in [0.2, 0.25) is 0 Å². The van der Waals surface area contributed by atoms with Crippen LogP contribution >= 0.6 is 11.3 Å². The van der Waals surface area contributed by atoms with Crippen LogP contribution in [-0.2, 0) is 14.8 Å². The predicted octanol–water partition coefficient (Wildman–Crippen LogP) is 1.93. The minimum Gasteiger partial charge on any atom is -0.342 e. The van der Waals surface area contributed by atoms with E-state index in [4.69, 9.17) is 0 Å². The number of hydrogen-bond acceptors (Lipinski definition) is 5. The largest absolute Gasteiger partial charge is 0.342 e. The first kappa shape index (κ1) is 19.8. The summed E-state index contributed by atoms with van der Waals surface area (Å²) in [5.41, 5.74) is 0. The summed E-state index contributed by atoms with van der Waals surface area (Å²) in [6, 6.07) is 1.77. The summed E-state index contributed by atoms with van der Waals surface area (Å²) in [4.78, 5) is 18.8. The van der Waals surface area contributed by atoms with E-state index in [2.05, 4.69) is 11.8 Å². The minimum absolute atomic E-state index is 0.178. The summed E-state index contributed by atoms with van der Waals surface area (Å²) >= 11 is 1.52. The molecule has 8 heteroatoms. The molecule has 0 radical (unpaired) electrons. The summed E-state index contributed by atoms with van der Waals surface area (Å²) in [6.45, 7) is 10.2. The zero-order valence-electron chi connectivity index (χ0n) is 15.9. The maximum absolute atomic E-state index is 12.9. The quantitative estimate of drug-likeness (QED) is 0.776. The maximum Gasteiger partial charge on any atom is 0.244 e. The molecule has 2 saturated heterocycles. The van der Waals surface area contributed by atoms with Gasteiger partial charge in [-0.05, 0) is 38.7 Å². The fourth-order valence-electron chi connectivity index (χ4n) is 3.68. The van der Waals surface area contributed by atoms with Crippen molar-refractivity contribution in [3.63, 3.8) is 0 Å². The van der Waals surface area contributed by atoms with Gasteiger partial charge in [0.15, 0.2) is 0 Å². The first-order chi connectivity index (χ1) is 12.3. The van der Waals surface area contributed by atoms with Gasteiger partial charge in [-0.3, -0.25) is 9.69 Å². The number of piperidine rings is 1. The fraction of sp³-hybridized carbons (Fsp3) is 0.722. The van der Waals surface area contributed by atoms with Crippen LogP contribution in [-0.4, -0.2) is 74.2 Å². The fourth-order valence-corrected chi connectivity index (χ4v) is 6.63. The molecule has 1 aromatic heterocycles. The van der Waals surface area contributed by atoms with Gasteiger partial charge >= 0.3 is 0 Å². The third-order valence-electron chi connectivity index (χ3n) is 5.44. The van der Waals surface area contributed by atoms with Crippen LogP contribution in [0.1, 0.15) is 29.5 Å². The van der Waals surface area contributed by atoms with Crippen LogP contribution in [0.4, 0.5) is 0 Å². The molecule has 1 amide bonds. The van der Waals surface area contributed by atoms with Gasteiger partial charge in [-0.1, -0.05) is 6.92 Å². The number of piperazine rings is 1. The van der Waals surface area contributed by atoms with E-state index in [-0.39, 0.29) is 5.91 Å². The molecule has 26 heavy (non-hydrogen) atoms. The molecule has 6 nitrogen and oxygen atoms in total. The standard InChI is InChI=1S/C18H29N3O3S2/c1-14-4-6-20(7-5-14)18(22)13-19-8-10-21(11-9-19)26(23,24)17-12-15(2)25-16(17)3/h12,14H,4-11,13H2,1-3H3. The molecule has 0 N–H and O–H groups in total. The average Bonchev–Trinajstić information content (AvgIpc) is 2.95. The van der Waals surface area contributed by atoms with E-state index in [9.17, 15) is 13.2 Å². The van der Waals surface area contributed by atoms with E-state index in [0.29, 0.717) is 43.5 Å². The van der Waals surface area contributed by atoms with Crippen molar-refractivity contribution in [3.05, 3.63) is 15.8 Å². The molecular formula is C18H29N3O3S2. The Labute approximate surface area is 160 Å². The Bertz CT molecular complexity index is 744. The highest BCUT2D eigenvalue weighted by atomic mass is 32.2. The van der Waals surface area contributed by atoms with E-state index in [1.54, 1.807) is 10.4 Å². The zero-order valence-corrected chi connectivity index (χ0v) is 17.5. The molecular weight excluding hydrogens is 370 g/mol. The molecule has 2 aliphatic rings. The number of thiophene rings is 1. The first-order valence-electron chi connectivity index (χ1n) is 9.34. The Hall–Kier alpha value is -0.960. The van der Waals surface area contributed by atoms with E-state index < -0.39 is 10.0 Å². The molecule has 0 aliphatic carbocycles. The van der Waals surface area contributed by atoms with Crippen molar-refractivity contribution in [2.75, 3.05) is 45.8 Å². The summed E-state index contributed by atoms with van der Waals surface area (Å²) in [5, 5.41) is 0. The second-order valence-corrected chi connectivity index (χ2v) is 10.9. The lowest BCUT2D eigenvalue weighted by molar-refractivity contribution is -0.134. The molecule has 0 atom stereocenters. The van der Waals surface area contributed by atoms with Gasteiger partial charge in [0, 0.05) is 49.0 Å². The monoisotopic (exact) mass is 399 g/mol. The molecule has 2 aliphatic heterocycles. The second kappa shape index (κ2) is 7.96. The summed E-state index contributed by atoms with van der Waals surface area (Å²) in [7, 11) is -3.43. The zero-order chi connectivity index (χ0) is 18.9. The van der Waals surface area contributed by atoms with Crippen molar-refractivity contribution >= 4 is 27.3 Å². The van der Waals surface area contributed by atoms with E-state index >= 15 is 0 Å². The van der Waals surface area contributed by atoms with Gasteiger partial charge in [-0.15, -0.1) is 11.3 Å². The third-order valence-corrected chi connectivity index (χ3v) is 8.56. The number of carbonyl (C=O) groups excluding carboxylic acids is 1. The molecule has 0 spiro atoms. The number of carbonyl (C=O) groups is 1. The van der Waals surface area contributed by atoms with E-state index in [0.717, 1.165) is 35.7 Å².